The van der Waals surface area contributed by atoms with Crippen molar-refractivity contribution in [2.75, 3.05) is 5.73 Å². The van der Waals surface area contributed by atoms with Crippen LogP contribution in [0.15, 0.2) is 102 Å². The molecule has 0 atom stereocenters. The van der Waals surface area contributed by atoms with Crippen molar-refractivity contribution in [3.05, 3.63) is 115 Å². The van der Waals surface area contributed by atoms with Gasteiger partial charge in [0.2, 0.25) is 0 Å². The van der Waals surface area contributed by atoms with Crippen molar-refractivity contribution in [1.82, 2.24) is 24.8 Å². The van der Waals surface area contributed by atoms with Gasteiger partial charge in [-0.1, -0.05) is 18.2 Å². The van der Waals surface area contributed by atoms with Gasteiger partial charge in [-0.05, 0) is 66.2 Å². The summed E-state index contributed by atoms with van der Waals surface area (Å²) in [6.07, 6.45) is 4.88. The molecule has 186 valence electrons. The lowest BCUT2D eigenvalue weighted by atomic mass is 10.1. The van der Waals surface area contributed by atoms with Gasteiger partial charge in [-0.15, -0.1) is 0 Å². The molecule has 0 saturated carbocycles. The van der Waals surface area contributed by atoms with Gasteiger partial charge in [0.05, 0.1) is 23.8 Å². The van der Waals surface area contributed by atoms with Gasteiger partial charge >= 0.3 is 0 Å². The highest BCUT2D eigenvalue weighted by Crippen LogP contribution is 2.31. The zero-order chi connectivity index (χ0) is 26.1. The van der Waals surface area contributed by atoms with E-state index in [0.717, 1.165) is 22.5 Å². The Hall–Kier alpha value is -5.31. The lowest BCUT2D eigenvalue weighted by Crippen LogP contribution is -2.22. The number of imidazole rings is 1. The smallest absolute Gasteiger partial charge is 0.251 e. The molecule has 0 aliphatic rings. The Morgan fingerprint density at radius 3 is 2.63 bits per heavy atom. The quantitative estimate of drug-likeness (QED) is 0.314. The average molecular weight is 505 g/mol. The van der Waals surface area contributed by atoms with Gasteiger partial charge in [-0.25, -0.2) is 19.3 Å². The van der Waals surface area contributed by atoms with Crippen LogP contribution >= 0.6 is 0 Å². The molecule has 38 heavy (non-hydrogen) atoms. The number of nitrogens with two attached hydrogens (primary N) is 1. The van der Waals surface area contributed by atoms with Gasteiger partial charge in [0, 0.05) is 29.6 Å². The highest BCUT2D eigenvalue weighted by molar-refractivity contribution is 5.94. The number of hydrogen-bond donors (Lipinski definition) is 2. The molecule has 3 N–H and O–H groups in total. The maximum atomic E-state index is 13.5. The van der Waals surface area contributed by atoms with Gasteiger partial charge in [0.25, 0.3) is 5.91 Å². The fraction of sp³-hybridized carbons (Fsp3) is 0.0345. The number of carbonyl (C=O) groups excluding carboxylic acids is 1. The molecule has 9 heteroatoms. The lowest BCUT2D eigenvalue weighted by Gasteiger charge is -2.12. The number of nitrogens with zero attached hydrogens (tertiary/aromatic N) is 4. The fourth-order valence-corrected chi connectivity index (χ4v) is 4.24. The zero-order valence-corrected chi connectivity index (χ0v) is 20.0. The molecule has 0 radical (unpaired) electrons. The average Bonchev–Trinajstić information content (AvgIpc) is 3.60. The monoisotopic (exact) mass is 504 g/mol. The van der Waals surface area contributed by atoms with E-state index in [1.54, 1.807) is 24.8 Å². The van der Waals surface area contributed by atoms with Crippen LogP contribution in [0.25, 0.3) is 39.5 Å². The lowest BCUT2D eigenvalue weighted by molar-refractivity contribution is 0.0950. The number of amides is 1. The minimum absolute atomic E-state index is 0.268. The minimum atomic E-state index is -0.454. The maximum absolute atomic E-state index is 13.5. The Labute approximate surface area is 216 Å². The number of aromatic nitrogens is 4. The third-order valence-electron chi connectivity index (χ3n) is 6.14. The van der Waals surface area contributed by atoms with E-state index in [1.807, 2.05) is 59.2 Å². The summed E-state index contributed by atoms with van der Waals surface area (Å²) in [5.74, 6) is 0.161. The summed E-state index contributed by atoms with van der Waals surface area (Å²) < 4.78 is 20.6. The number of carbonyl (C=O) groups is 1. The molecule has 8 nitrogen and oxygen atoms in total. The maximum Gasteiger partial charge on any atom is 0.251 e. The van der Waals surface area contributed by atoms with E-state index in [9.17, 15) is 9.18 Å². The van der Waals surface area contributed by atoms with Crippen LogP contribution in [0.4, 0.5) is 10.2 Å². The van der Waals surface area contributed by atoms with Crippen LogP contribution < -0.4 is 11.1 Å². The molecule has 2 aromatic carbocycles. The Morgan fingerprint density at radius 2 is 1.87 bits per heavy atom. The fourth-order valence-electron chi connectivity index (χ4n) is 4.24. The number of pyridine rings is 2. The highest BCUT2D eigenvalue weighted by Gasteiger charge is 2.19. The van der Waals surface area contributed by atoms with Crippen molar-refractivity contribution < 1.29 is 13.6 Å². The van der Waals surface area contributed by atoms with Crippen LogP contribution in [-0.4, -0.2) is 25.4 Å². The van der Waals surface area contributed by atoms with Crippen molar-refractivity contribution >= 4 is 22.9 Å². The molecule has 0 aliphatic carbocycles. The molecular weight excluding hydrogens is 483 g/mol. The predicted octanol–water partition coefficient (Wildman–Crippen LogP) is 5.39. The van der Waals surface area contributed by atoms with E-state index in [-0.39, 0.29) is 18.0 Å². The second-order valence-electron chi connectivity index (χ2n) is 8.62. The number of nitrogens with one attached hydrogen (secondary N) is 1. The van der Waals surface area contributed by atoms with E-state index in [0.29, 0.717) is 28.4 Å². The summed E-state index contributed by atoms with van der Waals surface area (Å²) in [4.78, 5) is 26.4. The summed E-state index contributed by atoms with van der Waals surface area (Å²) in [6.45, 7) is 0.283. The van der Waals surface area contributed by atoms with Gasteiger partial charge < -0.3 is 15.5 Å². The summed E-state index contributed by atoms with van der Waals surface area (Å²) in [6, 6.07) is 22.6. The van der Waals surface area contributed by atoms with Crippen LogP contribution in [0.5, 0.6) is 0 Å². The van der Waals surface area contributed by atoms with Crippen molar-refractivity contribution in [3.8, 4) is 28.3 Å². The molecule has 0 fully saturated rings. The summed E-state index contributed by atoms with van der Waals surface area (Å²) in [5.41, 5.74) is 11.8. The minimum Gasteiger partial charge on any atom is -0.472 e. The normalized spacial score (nSPS) is 11.1. The van der Waals surface area contributed by atoms with Crippen LogP contribution in [-0.2, 0) is 6.54 Å². The zero-order valence-electron chi connectivity index (χ0n) is 20.0. The largest absolute Gasteiger partial charge is 0.472 e. The molecule has 6 rings (SSSR count). The molecule has 1 amide bonds. The van der Waals surface area contributed by atoms with Crippen molar-refractivity contribution in [1.29, 1.82) is 0 Å². The SMILES string of the molecule is Nc1ncccc1-c1nc2ccc(-c3ccoc3)nc2n1-c1ccc(CNC(=O)c2cccc(F)c2)cc1. The standard InChI is InChI=1S/C29H21FN6O2/c30-21-4-1-3-19(15-21)29(37)33-16-18-6-8-22(9-7-18)36-27(23-5-2-13-32-26(23)31)35-25-11-10-24(34-28(25)36)20-12-14-38-17-20/h1-15,17H,16H2,(H2,31,32)(H,33,37). The Bertz CT molecular complexity index is 1760. The van der Waals surface area contributed by atoms with E-state index in [1.165, 1.54) is 18.2 Å². The van der Waals surface area contributed by atoms with Crippen molar-refractivity contribution in [3.63, 3.8) is 0 Å². The van der Waals surface area contributed by atoms with Gasteiger partial charge in [0.1, 0.15) is 17.2 Å². The molecular formula is C29H21FN6O2. The Morgan fingerprint density at radius 1 is 1.00 bits per heavy atom. The van der Waals surface area contributed by atoms with Crippen LogP contribution in [0.2, 0.25) is 0 Å². The number of anilines is 1. The molecule has 0 aliphatic heterocycles. The van der Waals surface area contributed by atoms with Crippen molar-refractivity contribution in [2.24, 2.45) is 0 Å². The van der Waals surface area contributed by atoms with Gasteiger partial charge in [0.15, 0.2) is 11.5 Å². The second-order valence-corrected chi connectivity index (χ2v) is 8.62. The molecule has 0 saturated heterocycles. The summed E-state index contributed by atoms with van der Waals surface area (Å²) >= 11 is 0. The number of halogens is 1. The van der Waals surface area contributed by atoms with E-state index in [2.05, 4.69) is 10.3 Å². The molecule has 0 spiro atoms. The molecule has 0 bridgehead atoms. The number of furan rings is 1. The first-order valence-electron chi connectivity index (χ1n) is 11.8. The number of fused-ring (bicyclic) bond motifs is 1. The Kier molecular flexibility index (Phi) is 5.85. The summed E-state index contributed by atoms with van der Waals surface area (Å²) in [5, 5.41) is 2.82. The first-order chi connectivity index (χ1) is 18.6. The number of nitrogen functional groups attached to an aromatic ring is 1. The third-order valence-corrected chi connectivity index (χ3v) is 6.14. The van der Waals surface area contributed by atoms with E-state index >= 15 is 0 Å². The number of benzene rings is 2. The molecule has 4 aromatic heterocycles. The highest BCUT2D eigenvalue weighted by atomic mass is 19.1. The number of hydrogen-bond acceptors (Lipinski definition) is 6. The third kappa shape index (κ3) is 4.37. The topological polar surface area (TPSA) is 112 Å². The van der Waals surface area contributed by atoms with Gasteiger partial charge in [-0.2, -0.15) is 0 Å². The Balaban J connectivity index is 1.37. The first kappa shape index (κ1) is 23.1. The molecule has 6 aromatic rings. The van der Waals surface area contributed by atoms with Crippen LogP contribution in [0.3, 0.4) is 0 Å². The second kappa shape index (κ2) is 9.62. The van der Waals surface area contributed by atoms with Crippen LogP contribution in [0.1, 0.15) is 15.9 Å². The number of rotatable bonds is 6. The van der Waals surface area contributed by atoms with Crippen molar-refractivity contribution in [2.45, 2.75) is 6.54 Å². The van der Waals surface area contributed by atoms with Crippen LogP contribution in [0, 0.1) is 5.82 Å². The first-order valence-corrected chi connectivity index (χ1v) is 11.8. The van der Waals surface area contributed by atoms with E-state index in [4.69, 9.17) is 20.1 Å². The predicted molar refractivity (Wildman–Crippen MR) is 142 cm³/mol. The molecule has 0 unspecified atom stereocenters. The molecule has 4 heterocycles. The van der Waals surface area contributed by atoms with E-state index < -0.39 is 5.82 Å². The van der Waals surface area contributed by atoms with Gasteiger partial charge in [-0.3, -0.25) is 9.36 Å². The summed E-state index contributed by atoms with van der Waals surface area (Å²) in [7, 11) is 0.